The third-order valence-electron chi connectivity index (χ3n) is 7.68. The molecule has 0 aliphatic heterocycles. The number of ether oxygens (including phenoxy) is 3. The van der Waals surface area contributed by atoms with Crippen LogP contribution in [0, 0.1) is 5.41 Å². The highest BCUT2D eigenvalue weighted by Crippen LogP contribution is 2.21. The molecule has 0 amide bonds. The Labute approximate surface area is 275 Å². The molecule has 0 radical (unpaired) electrons. The van der Waals surface area contributed by atoms with E-state index >= 15 is 0 Å². The molecule has 0 unspecified atom stereocenters. The molecule has 0 saturated heterocycles. The molecule has 262 valence electrons. The summed E-state index contributed by atoms with van der Waals surface area (Å²) in [5.74, 6) is -1.20. The highest BCUT2D eigenvalue weighted by Gasteiger charge is 2.35. The van der Waals surface area contributed by atoms with E-state index in [1.807, 2.05) is 0 Å². The van der Waals surface area contributed by atoms with Gasteiger partial charge in [-0.15, -0.1) is 0 Å². The van der Waals surface area contributed by atoms with Crippen LogP contribution in [0.1, 0.15) is 142 Å². The van der Waals surface area contributed by atoms with Gasteiger partial charge in [0.2, 0.25) is 0 Å². The maximum atomic E-state index is 12.5. The second kappa shape index (κ2) is 30.5. The van der Waals surface area contributed by atoms with Crippen LogP contribution in [0.5, 0.6) is 0 Å². The van der Waals surface area contributed by atoms with Crippen molar-refractivity contribution in [3.63, 3.8) is 0 Å². The first-order chi connectivity index (χ1) is 21.8. The molecule has 0 aliphatic carbocycles. The predicted octanol–water partition coefficient (Wildman–Crippen LogP) is 8.11. The molecule has 0 aromatic rings. The molecule has 0 bridgehead atoms. The van der Waals surface area contributed by atoms with Crippen molar-refractivity contribution in [1.82, 2.24) is 4.90 Å². The van der Waals surface area contributed by atoms with Gasteiger partial charge in [-0.2, -0.15) is 0 Å². The van der Waals surface area contributed by atoms with Crippen LogP contribution in [-0.4, -0.2) is 75.0 Å². The van der Waals surface area contributed by atoms with Crippen molar-refractivity contribution in [3.05, 3.63) is 24.3 Å². The van der Waals surface area contributed by atoms with Crippen molar-refractivity contribution in [2.45, 2.75) is 142 Å². The lowest BCUT2D eigenvalue weighted by Gasteiger charge is -2.30. The van der Waals surface area contributed by atoms with E-state index in [4.69, 9.17) is 14.2 Å². The van der Waals surface area contributed by atoms with Gasteiger partial charge in [-0.3, -0.25) is 19.3 Å². The van der Waals surface area contributed by atoms with Gasteiger partial charge >= 0.3 is 17.9 Å². The van der Waals surface area contributed by atoms with Gasteiger partial charge in [0.05, 0.1) is 18.6 Å². The maximum Gasteiger partial charge on any atom is 0.320 e. The summed E-state index contributed by atoms with van der Waals surface area (Å²) in [6.45, 7) is 3.43. The summed E-state index contributed by atoms with van der Waals surface area (Å²) in [6.07, 6.45) is 29.3. The van der Waals surface area contributed by atoms with Gasteiger partial charge in [0.25, 0.3) is 0 Å². The molecule has 0 heterocycles. The number of likely N-dealkylation sites (N-methyl/N-ethyl adjacent to an activating group) is 1. The topological polar surface area (TPSA) is 102 Å². The predicted molar refractivity (Wildman–Crippen MR) is 183 cm³/mol. The Balaban J connectivity index is 4.51. The average Bonchev–Trinajstić information content (AvgIpc) is 3.02. The van der Waals surface area contributed by atoms with Gasteiger partial charge in [0.15, 0.2) is 0 Å². The van der Waals surface area contributed by atoms with E-state index in [1.165, 1.54) is 25.7 Å². The van der Waals surface area contributed by atoms with E-state index in [2.05, 4.69) is 38.2 Å². The van der Waals surface area contributed by atoms with Crippen molar-refractivity contribution in [1.29, 1.82) is 0 Å². The first-order valence-electron chi connectivity index (χ1n) is 17.8. The minimum atomic E-state index is -1.21. The third kappa shape index (κ3) is 27.8. The number of carbonyl (C=O) groups is 3. The van der Waals surface area contributed by atoms with Gasteiger partial charge in [0, 0.05) is 12.8 Å². The van der Waals surface area contributed by atoms with E-state index < -0.39 is 18.0 Å². The Hall–Kier alpha value is -2.19. The number of esters is 3. The largest absolute Gasteiger partial charge is 0.465 e. The van der Waals surface area contributed by atoms with Gasteiger partial charge in [0.1, 0.15) is 19.8 Å². The molecular formula is C37H67NO7. The first-order valence-corrected chi connectivity index (χ1v) is 17.8. The van der Waals surface area contributed by atoms with Crippen LogP contribution in [-0.2, 0) is 28.6 Å². The van der Waals surface area contributed by atoms with Crippen LogP contribution in [0.2, 0.25) is 0 Å². The standard InChI is InChI=1S/C37H67NO7/c1-5-7-9-11-13-15-17-19-21-23-25-27-34(40)43-31-37(30-39,33-45-36(42)29-38(3)4)32-44-35(41)28-26-24-22-20-18-16-14-12-10-8-6-2/h11-14,39H,5-10,15-33H2,1-4H3/b13-11-,14-12-. The summed E-state index contributed by atoms with van der Waals surface area (Å²) < 4.78 is 16.4. The van der Waals surface area contributed by atoms with E-state index in [9.17, 15) is 19.5 Å². The van der Waals surface area contributed by atoms with Crippen molar-refractivity contribution in [2.75, 3.05) is 47.1 Å². The zero-order valence-electron chi connectivity index (χ0n) is 29.3. The van der Waals surface area contributed by atoms with Crippen LogP contribution in [0.3, 0.4) is 0 Å². The first kappa shape index (κ1) is 42.8. The average molecular weight is 638 g/mol. The number of hydrogen-bond acceptors (Lipinski definition) is 8. The number of nitrogens with zero attached hydrogens (tertiary/aromatic N) is 1. The Morgan fingerprint density at radius 2 is 0.911 bits per heavy atom. The summed E-state index contributed by atoms with van der Waals surface area (Å²) in [4.78, 5) is 38.8. The molecule has 0 fully saturated rings. The molecule has 0 aromatic carbocycles. The molecule has 45 heavy (non-hydrogen) atoms. The monoisotopic (exact) mass is 637 g/mol. The van der Waals surface area contributed by atoms with Crippen LogP contribution >= 0.6 is 0 Å². The number of carbonyl (C=O) groups excluding carboxylic acids is 3. The van der Waals surface area contributed by atoms with Crippen molar-refractivity contribution >= 4 is 17.9 Å². The quantitative estimate of drug-likeness (QED) is 0.0352. The number of rotatable bonds is 31. The Kier molecular flexibility index (Phi) is 29.0. The minimum absolute atomic E-state index is 0.0748. The molecular weight excluding hydrogens is 570 g/mol. The third-order valence-corrected chi connectivity index (χ3v) is 7.68. The second-order valence-corrected chi connectivity index (χ2v) is 12.7. The van der Waals surface area contributed by atoms with Crippen LogP contribution in [0.25, 0.3) is 0 Å². The lowest BCUT2D eigenvalue weighted by atomic mass is 9.92. The smallest absolute Gasteiger partial charge is 0.320 e. The normalized spacial score (nSPS) is 12.0. The summed E-state index contributed by atoms with van der Waals surface area (Å²) in [7, 11) is 3.50. The minimum Gasteiger partial charge on any atom is -0.465 e. The van der Waals surface area contributed by atoms with Crippen molar-refractivity contribution in [2.24, 2.45) is 5.41 Å². The molecule has 0 rings (SSSR count). The fourth-order valence-electron chi connectivity index (χ4n) is 4.65. The lowest BCUT2D eigenvalue weighted by Crippen LogP contribution is -2.43. The molecule has 0 spiro atoms. The number of aliphatic hydroxyl groups is 1. The SMILES string of the molecule is CCCC/C=C\CCCCCCCC(=O)OCC(CO)(COC(=O)CCCCCCC/C=C\CCCC)COC(=O)CN(C)C. The Bertz CT molecular complexity index is 746. The van der Waals surface area contributed by atoms with Gasteiger partial charge < -0.3 is 19.3 Å². The number of aliphatic hydroxyl groups excluding tert-OH is 1. The molecule has 0 saturated carbocycles. The maximum absolute atomic E-state index is 12.5. The molecule has 0 aromatic heterocycles. The fourth-order valence-corrected chi connectivity index (χ4v) is 4.65. The van der Waals surface area contributed by atoms with E-state index in [1.54, 1.807) is 19.0 Å². The van der Waals surface area contributed by atoms with Gasteiger partial charge in [-0.05, 0) is 65.5 Å². The summed E-state index contributed by atoms with van der Waals surface area (Å²) in [6, 6.07) is 0. The Morgan fingerprint density at radius 3 is 1.29 bits per heavy atom. The lowest BCUT2D eigenvalue weighted by molar-refractivity contribution is -0.165. The number of allylic oxidation sites excluding steroid dienone is 4. The van der Waals surface area contributed by atoms with E-state index in [0.717, 1.165) is 89.9 Å². The Morgan fingerprint density at radius 1 is 0.556 bits per heavy atom. The summed E-state index contributed by atoms with van der Waals surface area (Å²) in [5.41, 5.74) is -1.21. The van der Waals surface area contributed by atoms with Crippen molar-refractivity contribution < 1.29 is 33.7 Å². The highest BCUT2D eigenvalue weighted by molar-refractivity contribution is 5.72. The molecule has 8 heteroatoms. The highest BCUT2D eigenvalue weighted by atomic mass is 16.6. The molecule has 0 aliphatic rings. The van der Waals surface area contributed by atoms with Crippen molar-refractivity contribution in [3.8, 4) is 0 Å². The van der Waals surface area contributed by atoms with E-state index in [-0.39, 0.29) is 51.1 Å². The number of unbranched alkanes of at least 4 members (excludes halogenated alkanes) is 14. The fraction of sp³-hybridized carbons (Fsp3) is 0.811. The zero-order valence-corrected chi connectivity index (χ0v) is 29.3. The summed E-state index contributed by atoms with van der Waals surface area (Å²) in [5, 5.41) is 10.3. The molecule has 8 nitrogen and oxygen atoms in total. The number of hydrogen-bond donors (Lipinski definition) is 1. The van der Waals surface area contributed by atoms with Gasteiger partial charge in [-0.25, -0.2) is 0 Å². The zero-order chi connectivity index (χ0) is 33.4. The van der Waals surface area contributed by atoms with Crippen LogP contribution in [0.15, 0.2) is 24.3 Å². The summed E-state index contributed by atoms with van der Waals surface area (Å²) >= 11 is 0. The van der Waals surface area contributed by atoms with Gasteiger partial charge in [-0.1, -0.05) is 102 Å². The van der Waals surface area contributed by atoms with Crippen LogP contribution < -0.4 is 0 Å². The molecule has 1 N–H and O–H groups in total. The van der Waals surface area contributed by atoms with Crippen LogP contribution in [0.4, 0.5) is 0 Å². The van der Waals surface area contributed by atoms with E-state index in [0.29, 0.717) is 0 Å². The molecule has 0 atom stereocenters. The second-order valence-electron chi connectivity index (χ2n) is 12.7.